The maximum absolute atomic E-state index is 15.6. The number of fused-ring (bicyclic) bond motifs is 6. The molecule has 2 aliphatic carbocycles. The van der Waals surface area contributed by atoms with E-state index in [1.807, 2.05) is 76.2 Å². The van der Waals surface area contributed by atoms with Crippen LogP contribution < -0.4 is 9.80 Å². The summed E-state index contributed by atoms with van der Waals surface area (Å²) in [5, 5.41) is 5.95. The van der Waals surface area contributed by atoms with Crippen molar-refractivity contribution < 1.29 is 43.9 Å². The summed E-state index contributed by atoms with van der Waals surface area (Å²) in [4.78, 5) is 2.70. The highest BCUT2D eigenvalue weighted by molar-refractivity contribution is 6.24. The van der Waals surface area contributed by atoms with Gasteiger partial charge in [-0.05, 0) is 154 Å². The molecule has 4 aliphatic rings. The minimum atomic E-state index is -2.19. The Balaban J connectivity index is 0.953. The summed E-state index contributed by atoms with van der Waals surface area (Å²) in [6.45, 7) is 7.73. The van der Waals surface area contributed by atoms with Gasteiger partial charge in [0.25, 0.3) is 0 Å². The van der Waals surface area contributed by atoms with Crippen LogP contribution in [0.2, 0.25) is 0 Å². The maximum atomic E-state index is 15.6. The van der Waals surface area contributed by atoms with Gasteiger partial charge in [-0.2, -0.15) is 0 Å². The molecule has 8 aromatic rings. The summed E-state index contributed by atoms with van der Waals surface area (Å²) in [6.07, 6.45) is 5.35. The standard InChI is InChI=1S/C56H42F10N2/c1-53-17-5-7-19-55(53,3)67(51-47(63)43(59)41(57)44(60)48(51)64)37-15-13-27(25-35(37)53)33-21-29-9-11-31-23-34(24-32-12-10-30(22-33)39(29)40(31)32)28-14-16-38-36(26-28)54(2)18-6-8-20-56(54,4)68(38)52-49(65)45(61)42(58)46(62)50(52)66/h9-16,21-26H,5-8,17-20H2,1-4H3. The Morgan fingerprint density at radius 3 is 0.956 bits per heavy atom. The van der Waals surface area contributed by atoms with Gasteiger partial charge in [0.05, 0.1) is 11.1 Å². The number of benzene rings is 8. The summed E-state index contributed by atoms with van der Waals surface area (Å²) >= 11 is 0. The average molecular weight is 933 g/mol. The molecule has 0 radical (unpaired) electrons. The van der Waals surface area contributed by atoms with Gasteiger partial charge in [-0.25, -0.2) is 43.9 Å². The largest absolute Gasteiger partial charge is 0.329 e. The lowest BCUT2D eigenvalue weighted by molar-refractivity contribution is 0.192. The van der Waals surface area contributed by atoms with Gasteiger partial charge >= 0.3 is 0 Å². The fourth-order valence-corrected chi connectivity index (χ4v) is 13.3. The molecule has 4 atom stereocenters. The molecule has 0 saturated heterocycles. The summed E-state index contributed by atoms with van der Waals surface area (Å²) < 4.78 is 150. The van der Waals surface area contributed by atoms with Crippen molar-refractivity contribution in [1.29, 1.82) is 0 Å². The third-order valence-electron chi connectivity index (χ3n) is 17.2. The van der Waals surface area contributed by atoms with Gasteiger partial charge < -0.3 is 9.80 Å². The third kappa shape index (κ3) is 5.26. The summed E-state index contributed by atoms with van der Waals surface area (Å²) in [5.74, 6) is -19.7. The van der Waals surface area contributed by atoms with Crippen LogP contribution in [0.1, 0.15) is 90.2 Å². The Morgan fingerprint density at radius 2 is 0.632 bits per heavy atom. The topological polar surface area (TPSA) is 6.48 Å². The predicted molar refractivity (Wildman–Crippen MR) is 246 cm³/mol. The lowest BCUT2D eigenvalue weighted by atomic mass is 9.61. The lowest BCUT2D eigenvalue weighted by Gasteiger charge is -2.50. The molecule has 8 aromatic carbocycles. The molecule has 0 aromatic heterocycles. The Labute approximate surface area is 385 Å². The number of halogens is 10. The number of nitrogens with zero attached hydrogens (tertiary/aromatic N) is 2. The summed E-state index contributed by atoms with van der Waals surface area (Å²) in [6, 6.07) is 27.7. The molecule has 2 aliphatic heterocycles. The smallest absolute Gasteiger partial charge is 0.200 e. The average Bonchev–Trinajstić information content (AvgIpc) is 3.67. The summed E-state index contributed by atoms with van der Waals surface area (Å²) in [7, 11) is 0. The van der Waals surface area contributed by atoms with Crippen LogP contribution in [-0.4, -0.2) is 11.1 Å². The molecular weight excluding hydrogens is 891 g/mol. The molecule has 346 valence electrons. The molecule has 2 nitrogen and oxygen atoms in total. The Kier molecular flexibility index (Phi) is 8.94. The molecule has 2 heterocycles. The van der Waals surface area contributed by atoms with Gasteiger partial charge in [-0.15, -0.1) is 0 Å². The minimum absolute atomic E-state index is 0.404. The van der Waals surface area contributed by atoms with Gasteiger partial charge in [-0.3, -0.25) is 0 Å². The molecule has 2 fully saturated rings. The van der Waals surface area contributed by atoms with E-state index in [1.54, 1.807) is 12.1 Å². The van der Waals surface area contributed by atoms with E-state index in [0.717, 1.165) is 91.4 Å². The van der Waals surface area contributed by atoms with Crippen LogP contribution in [-0.2, 0) is 10.8 Å². The lowest BCUT2D eigenvalue weighted by Crippen LogP contribution is -2.55. The number of anilines is 4. The van der Waals surface area contributed by atoms with Crippen LogP contribution in [0.4, 0.5) is 66.7 Å². The van der Waals surface area contributed by atoms with Crippen LogP contribution >= 0.6 is 0 Å². The van der Waals surface area contributed by atoms with Crippen molar-refractivity contribution >= 4 is 55.1 Å². The Hall–Kier alpha value is -6.30. The maximum Gasteiger partial charge on any atom is 0.200 e. The predicted octanol–water partition coefficient (Wildman–Crippen LogP) is 16.8. The molecule has 68 heavy (non-hydrogen) atoms. The van der Waals surface area contributed by atoms with Crippen molar-refractivity contribution in [1.82, 2.24) is 0 Å². The first-order valence-corrected chi connectivity index (χ1v) is 23.0. The van der Waals surface area contributed by atoms with Crippen LogP contribution in [0, 0.1) is 58.2 Å². The normalized spacial score (nSPS) is 24.3. The summed E-state index contributed by atoms with van der Waals surface area (Å²) in [5.41, 5.74) is 0.569. The molecule has 12 heteroatoms. The Morgan fingerprint density at radius 1 is 0.338 bits per heavy atom. The van der Waals surface area contributed by atoms with Crippen LogP contribution in [0.25, 0.3) is 54.6 Å². The molecule has 0 N–H and O–H groups in total. The first-order chi connectivity index (χ1) is 32.3. The fraction of sp³-hybridized carbons (Fsp3) is 0.286. The third-order valence-corrected chi connectivity index (χ3v) is 17.2. The first-order valence-electron chi connectivity index (χ1n) is 23.0. The van der Waals surface area contributed by atoms with Crippen molar-refractivity contribution in [2.24, 2.45) is 0 Å². The quantitative estimate of drug-likeness (QED) is 0.0751. The van der Waals surface area contributed by atoms with Crippen LogP contribution in [0.15, 0.2) is 84.9 Å². The molecule has 0 bridgehead atoms. The van der Waals surface area contributed by atoms with E-state index in [-0.39, 0.29) is 0 Å². The van der Waals surface area contributed by atoms with Gasteiger partial charge in [0.1, 0.15) is 11.4 Å². The first kappa shape index (κ1) is 43.0. The van der Waals surface area contributed by atoms with Crippen molar-refractivity contribution in [2.75, 3.05) is 9.80 Å². The van der Waals surface area contributed by atoms with Gasteiger partial charge in [0.2, 0.25) is 11.6 Å². The SMILES string of the molecule is CC12CCCCC1(C)N(c1c(F)c(F)c(F)c(F)c1F)c1ccc(-c3cc4ccc5cc(-c6ccc7c(c6)C6(C)CCCCC6(C)N7c6c(F)c(F)c(F)c(F)c6F)cc6ccc(c3)c4c56)cc12. The molecule has 4 unspecified atom stereocenters. The van der Waals surface area contributed by atoms with E-state index < -0.39 is 91.5 Å². The number of rotatable bonds is 4. The van der Waals surface area contributed by atoms with Crippen LogP contribution in [0.5, 0.6) is 0 Å². The highest BCUT2D eigenvalue weighted by Gasteiger charge is 2.60. The fourth-order valence-electron chi connectivity index (χ4n) is 13.3. The zero-order valence-electron chi connectivity index (χ0n) is 37.4. The molecule has 12 rings (SSSR count). The van der Waals surface area contributed by atoms with E-state index in [9.17, 15) is 26.3 Å². The van der Waals surface area contributed by atoms with Crippen molar-refractivity contribution in [3.63, 3.8) is 0 Å². The van der Waals surface area contributed by atoms with Gasteiger partial charge in [0, 0.05) is 22.2 Å². The molecular formula is C56H42F10N2. The molecule has 0 amide bonds. The zero-order valence-corrected chi connectivity index (χ0v) is 37.4. The highest BCUT2D eigenvalue weighted by atomic mass is 19.2. The van der Waals surface area contributed by atoms with Gasteiger partial charge in [0.15, 0.2) is 46.5 Å². The second-order valence-electron chi connectivity index (χ2n) is 20.3. The van der Waals surface area contributed by atoms with E-state index >= 15 is 17.6 Å². The number of hydrogen-bond acceptors (Lipinski definition) is 2. The second-order valence-corrected chi connectivity index (χ2v) is 20.3. The second kappa shape index (κ2) is 14.1. The van der Waals surface area contributed by atoms with Gasteiger partial charge in [-0.1, -0.05) is 75.9 Å². The minimum Gasteiger partial charge on any atom is -0.329 e. The van der Waals surface area contributed by atoms with Crippen molar-refractivity contribution in [2.45, 2.75) is 101 Å². The van der Waals surface area contributed by atoms with Crippen molar-refractivity contribution in [3.8, 4) is 22.3 Å². The number of hydrogen-bond donors (Lipinski definition) is 0. The van der Waals surface area contributed by atoms with Crippen LogP contribution in [0.3, 0.4) is 0 Å². The van der Waals surface area contributed by atoms with Crippen molar-refractivity contribution in [3.05, 3.63) is 154 Å². The highest BCUT2D eigenvalue weighted by Crippen LogP contribution is 2.64. The molecule has 0 spiro atoms. The monoisotopic (exact) mass is 932 g/mol. The van der Waals surface area contributed by atoms with E-state index in [1.165, 1.54) is 9.80 Å². The Bertz CT molecular complexity index is 3180. The van der Waals surface area contributed by atoms with E-state index in [2.05, 4.69) is 24.3 Å². The van der Waals surface area contributed by atoms with E-state index in [0.29, 0.717) is 37.1 Å². The molecule has 2 saturated carbocycles. The zero-order chi connectivity index (χ0) is 47.7. The van der Waals surface area contributed by atoms with E-state index in [4.69, 9.17) is 0 Å².